The van der Waals surface area contributed by atoms with Crippen LogP contribution in [-0.2, 0) is 0 Å². The zero-order valence-electron chi connectivity index (χ0n) is 10.2. The Morgan fingerprint density at radius 3 is 2.59 bits per heavy atom. The Kier molecular flexibility index (Phi) is 10.2. The van der Waals surface area contributed by atoms with Gasteiger partial charge in [-0.3, -0.25) is 10.7 Å². The van der Waals surface area contributed by atoms with Gasteiger partial charge in [-0.1, -0.05) is 30.3 Å². The topological polar surface area (TPSA) is 40.0 Å². The summed E-state index contributed by atoms with van der Waals surface area (Å²) in [6.45, 7) is 3.16. The van der Waals surface area contributed by atoms with Crippen molar-refractivity contribution in [3.8, 4) is 0 Å². The van der Waals surface area contributed by atoms with Crippen LogP contribution >= 0.6 is 23.5 Å². The Balaban J connectivity index is 0.00000256. The lowest BCUT2D eigenvalue weighted by molar-refractivity contribution is -0.448. The fourth-order valence-corrected chi connectivity index (χ4v) is 2.47. The number of halogens is 1. The predicted molar refractivity (Wildman–Crippen MR) is 75.9 cm³/mol. The van der Waals surface area contributed by atoms with E-state index in [4.69, 9.17) is 5.73 Å². The smallest absolute Gasteiger partial charge is 0.301 e. The maximum atomic E-state index is 5.66. The standard InChI is InChI=1S/C12H18N2S2.HI/c1-10(11-6-4-3-5-7-11)16-9-8-14-12(13)15-2;/h3-7,10H,8-9H2,1-2H3,(H2,13,14);1H. The SMILES string of the molecule is CSC(N)=[NH+]CCSC(C)c1ccccc1.[I-]. The van der Waals surface area contributed by atoms with Crippen LogP contribution in [0.1, 0.15) is 17.7 Å². The molecule has 0 bridgehead atoms. The van der Waals surface area contributed by atoms with E-state index in [1.54, 1.807) is 11.8 Å². The minimum atomic E-state index is 0. The first-order chi connectivity index (χ1) is 7.74. The van der Waals surface area contributed by atoms with Crippen molar-refractivity contribution in [1.29, 1.82) is 0 Å². The summed E-state index contributed by atoms with van der Waals surface area (Å²) >= 11 is 3.50. The summed E-state index contributed by atoms with van der Waals surface area (Å²) in [7, 11) is 0. The lowest BCUT2D eigenvalue weighted by Gasteiger charge is -2.09. The van der Waals surface area contributed by atoms with Gasteiger partial charge in [-0.05, 0) is 30.5 Å². The third kappa shape index (κ3) is 7.21. The summed E-state index contributed by atoms with van der Waals surface area (Å²) in [6, 6.07) is 10.6. The number of rotatable bonds is 5. The number of hydrogen-bond donors (Lipinski definition) is 2. The van der Waals surface area contributed by atoms with Crippen molar-refractivity contribution in [2.75, 3.05) is 18.6 Å². The summed E-state index contributed by atoms with van der Waals surface area (Å²) in [5.74, 6) is 1.07. The van der Waals surface area contributed by atoms with E-state index >= 15 is 0 Å². The quantitative estimate of drug-likeness (QED) is 0.275. The highest BCUT2D eigenvalue weighted by molar-refractivity contribution is 8.12. The van der Waals surface area contributed by atoms with E-state index in [0.717, 1.165) is 17.5 Å². The highest BCUT2D eigenvalue weighted by Gasteiger charge is 2.04. The molecule has 0 saturated carbocycles. The van der Waals surface area contributed by atoms with Gasteiger partial charge in [0.1, 0.15) is 0 Å². The van der Waals surface area contributed by atoms with Crippen LogP contribution < -0.4 is 34.7 Å². The maximum absolute atomic E-state index is 5.66. The maximum Gasteiger partial charge on any atom is 0.301 e. The fourth-order valence-electron chi connectivity index (χ4n) is 1.30. The lowest BCUT2D eigenvalue weighted by Crippen LogP contribution is -3.00. The van der Waals surface area contributed by atoms with Crippen LogP contribution in [0.3, 0.4) is 0 Å². The monoisotopic (exact) mass is 382 g/mol. The van der Waals surface area contributed by atoms with Gasteiger partial charge < -0.3 is 24.0 Å². The van der Waals surface area contributed by atoms with E-state index in [9.17, 15) is 0 Å². The molecule has 0 aliphatic rings. The molecule has 0 saturated heterocycles. The molecule has 0 aliphatic carbocycles. The number of amidine groups is 1. The molecule has 2 nitrogen and oxygen atoms in total. The third-order valence-electron chi connectivity index (χ3n) is 2.26. The van der Waals surface area contributed by atoms with Crippen LogP contribution in [0, 0.1) is 0 Å². The average molecular weight is 382 g/mol. The Bertz CT molecular complexity index is 331. The first-order valence-corrected chi connectivity index (χ1v) is 7.58. The van der Waals surface area contributed by atoms with Crippen LogP contribution in [0.2, 0.25) is 0 Å². The lowest BCUT2D eigenvalue weighted by atomic mass is 10.2. The van der Waals surface area contributed by atoms with E-state index in [2.05, 4.69) is 42.2 Å². The van der Waals surface area contributed by atoms with Crippen LogP contribution in [0.15, 0.2) is 30.3 Å². The average Bonchev–Trinajstić information content (AvgIpc) is 2.35. The molecular weight excluding hydrogens is 363 g/mol. The Morgan fingerprint density at radius 1 is 1.35 bits per heavy atom. The molecule has 1 atom stereocenters. The fraction of sp³-hybridized carbons (Fsp3) is 0.417. The second kappa shape index (κ2) is 10.1. The first kappa shape index (κ1) is 17.1. The minimum Gasteiger partial charge on any atom is -1.00 e. The molecule has 17 heavy (non-hydrogen) atoms. The molecule has 0 amide bonds. The van der Waals surface area contributed by atoms with Gasteiger partial charge in [-0.2, -0.15) is 0 Å². The van der Waals surface area contributed by atoms with Gasteiger partial charge in [0.25, 0.3) is 0 Å². The molecule has 0 aliphatic heterocycles. The second-order valence-electron chi connectivity index (χ2n) is 3.42. The molecular formula is C12H19IN2S2. The van der Waals surface area contributed by atoms with Crippen LogP contribution in [0.4, 0.5) is 0 Å². The summed E-state index contributed by atoms with van der Waals surface area (Å²) in [5.41, 5.74) is 7.04. The van der Waals surface area contributed by atoms with Gasteiger partial charge in [0.15, 0.2) is 0 Å². The third-order valence-corrected chi connectivity index (χ3v) is 4.05. The molecule has 96 valence electrons. The van der Waals surface area contributed by atoms with Gasteiger partial charge >= 0.3 is 5.17 Å². The van der Waals surface area contributed by atoms with Crippen molar-refractivity contribution >= 4 is 28.7 Å². The Hall–Kier alpha value is 0.120. The van der Waals surface area contributed by atoms with Crippen LogP contribution in [0.25, 0.3) is 0 Å². The Morgan fingerprint density at radius 2 is 2.00 bits per heavy atom. The van der Waals surface area contributed by atoms with E-state index < -0.39 is 0 Å². The normalized spacial score (nSPS) is 12.9. The number of benzene rings is 1. The van der Waals surface area contributed by atoms with Gasteiger partial charge in [0, 0.05) is 11.0 Å². The molecule has 1 unspecified atom stereocenters. The summed E-state index contributed by atoms with van der Waals surface area (Å²) in [5, 5.41) is 1.34. The number of nitrogens with one attached hydrogen (secondary N) is 1. The largest absolute Gasteiger partial charge is 1.00 e. The summed E-state index contributed by atoms with van der Waals surface area (Å²) in [4.78, 5) is 3.18. The van der Waals surface area contributed by atoms with Crippen molar-refractivity contribution in [3.63, 3.8) is 0 Å². The molecule has 0 radical (unpaired) electrons. The van der Waals surface area contributed by atoms with Crippen molar-refractivity contribution in [1.82, 2.24) is 0 Å². The molecule has 1 aromatic rings. The van der Waals surface area contributed by atoms with E-state index in [-0.39, 0.29) is 24.0 Å². The first-order valence-electron chi connectivity index (χ1n) is 5.31. The molecule has 0 spiro atoms. The van der Waals surface area contributed by atoms with E-state index in [0.29, 0.717) is 5.25 Å². The van der Waals surface area contributed by atoms with Gasteiger partial charge in [-0.25, -0.2) is 0 Å². The molecule has 0 fully saturated rings. The molecule has 1 rings (SSSR count). The molecule has 0 heterocycles. The predicted octanol–water partition coefficient (Wildman–Crippen LogP) is -1.76. The highest BCUT2D eigenvalue weighted by Crippen LogP contribution is 2.26. The van der Waals surface area contributed by atoms with Gasteiger partial charge in [0.05, 0.1) is 6.54 Å². The summed E-state index contributed by atoms with van der Waals surface area (Å²) < 4.78 is 0. The van der Waals surface area contributed by atoms with Gasteiger partial charge in [-0.15, -0.1) is 11.8 Å². The zero-order chi connectivity index (χ0) is 11.8. The molecule has 3 N–H and O–H groups in total. The number of hydrogen-bond acceptors (Lipinski definition) is 2. The van der Waals surface area contributed by atoms with E-state index in [1.165, 1.54) is 5.56 Å². The second-order valence-corrected chi connectivity index (χ2v) is 5.72. The van der Waals surface area contributed by atoms with Crippen molar-refractivity contribution in [3.05, 3.63) is 35.9 Å². The Labute approximate surface area is 129 Å². The zero-order valence-corrected chi connectivity index (χ0v) is 13.9. The molecule has 1 aromatic carbocycles. The highest BCUT2D eigenvalue weighted by atomic mass is 127. The van der Waals surface area contributed by atoms with Crippen molar-refractivity contribution < 1.29 is 29.0 Å². The van der Waals surface area contributed by atoms with Crippen LogP contribution in [0.5, 0.6) is 0 Å². The summed E-state index contributed by atoms with van der Waals surface area (Å²) in [6.07, 6.45) is 1.97. The van der Waals surface area contributed by atoms with Crippen molar-refractivity contribution in [2.45, 2.75) is 12.2 Å². The van der Waals surface area contributed by atoms with Gasteiger partial charge in [0.2, 0.25) is 0 Å². The molecule has 5 heteroatoms. The molecule has 0 aromatic heterocycles. The number of thioether (sulfide) groups is 2. The van der Waals surface area contributed by atoms with Crippen molar-refractivity contribution in [2.24, 2.45) is 5.73 Å². The minimum absolute atomic E-state index is 0. The van der Waals surface area contributed by atoms with Crippen LogP contribution in [-0.4, -0.2) is 23.7 Å². The number of nitrogens with two attached hydrogens (primary N) is 1. The van der Waals surface area contributed by atoms with E-state index in [1.807, 2.05) is 18.0 Å².